The Balaban J connectivity index is 3.02. The maximum Gasteiger partial charge on any atom is 0.234 e. The van der Waals surface area contributed by atoms with E-state index in [-0.39, 0.29) is 0 Å². The number of hydrogen-bond donors (Lipinski definition) is 0. The van der Waals surface area contributed by atoms with Crippen molar-refractivity contribution in [1.29, 1.82) is 0 Å². The van der Waals surface area contributed by atoms with E-state index in [0.29, 0.717) is 25.9 Å². The largest absolute Gasteiger partial charge is 0.234 e. The molecular weight excluding hydrogens is 144 g/mol. The molecule has 11 heavy (non-hydrogen) atoms. The van der Waals surface area contributed by atoms with Crippen LogP contribution in [0.4, 0.5) is 0 Å². The quantitative estimate of drug-likeness (QED) is 0.316. The Kier molecular flexibility index (Phi) is 7.77. The van der Waals surface area contributed by atoms with E-state index in [9.17, 15) is 9.59 Å². The Labute approximate surface area is 65.0 Å². The molecule has 0 fully saturated rings. The molecule has 0 amide bonds. The highest BCUT2D eigenvalue weighted by molar-refractivity contribution is 5.33. The Morgan fingerprint density at radius 1 is 0.909 bits per heavy atom. The molecule has 0 N–H and O–H groups in total. The van der Waals surface area contributed by atoms with Gasteiger partial charge in [0, 0.05) is 0 Å². The van der Waals surface area contributed by atoms with Crippen molar-refractivity contribution in [3.8, 4) is 0 Å². The van der Waals surface area contributed by atoms with Gasteiger partial charge in [-0.3, -0.25) is 0 Å². The number of hydrogen-bond acceptors (Lipinski definition) is 4. The van der Waals surface area contributed by atoms with Gasteiger partial charge in [-0.1, -0.05) is 0 Å². The molecule has 0 spiro atoms. The smallest absolute Gasteiger partial charge is 0.211 e. The van der Waals surface area contributed by atoms with Crippen LogP contribution in [0.15, 0.2) is 9.98 Å². The van der Waals surface area contributed by atoms with Crippen LogP contribution in [0, 0.1) is 6.42 Å². The highest BCUT2D eigenvalue weighted by atomic mass is 16.1. The predicted octanol–water partition coefficient (Wildman–Crippen LogP) is 0.519. The molecular formula is C7H8N2O2. The minimum absolute atomic E-state index is 0.411. The second-order valence-corrected chi connectivity index (χ2v) is 1.70. The molecule has 0 saturated heterocycles. The standard InChI is InChI=1S/C7H8N2O2/c10-6-8-4-2-1-3-5-9-7-11/h2-5H2. The third kappa shape index (κ3) is 8.76. The van der Waals surface area contributed by atoms with Crippen molar-refractivity contribution in [3.63, 3.8) is 0 Å². The first-order valence-electron chi connectivity index (χ1n) is 3.20. The topological polar surface area (TPSA) is 58.9 Å². The minimum Gasteiger partial charge on any atom is -0.211 e. The Bertz CT molecular complexity index is 159. The number of carbonyl (C=O) groups excluding carboxylic acids is 2. The summed E-state index contributed by atoms with van der Waals surface area (Å²) in [5.41, 5.74) is 0. The Morgan fingerprint density at radius 3 is 1.73 bits per heavy atom. The molecule has 0 unspecified atom stereocenters. The summed E-state index contributed by atoms with van der Waals surface area (Å²) in [4.78, 5) is 25.7. The summed E-state index contributed by atoms with van der Waals surface area (Å²) in [5, 5.41) is 0. The average molecular weight is 152 g/mol. The van der Waals surface area contributed by atoms with Crippen LogP contribution in [0.1, 0.15) is 12.8 Å². The van der Waals surface area contributed by atoms with Crippen LogP contribution >= 0.6 is 0 Å². The summed E-state index contributed by atoms with van der Waals surface area (Å²) in [6.07, 6.45) is 6.95. The fourth-order valence-electron chi connectivity index (χ4n) is 0.486. The summed E-state index contributed by atoms with van der Waals surface area (Å²) in [6.45, 7) is 0.822. The predicted molar refractivity (Wildman–Crippen MR) is 38.5 cm³/mol. The second-order valence-electron chi connectivity index (χ2n) is 1.70. The molecule has 4 nitrogen and oxygen atoms in total. The van der Waals surface area contributed by atoms with Gasteiger partial charge in [-0.2, -0.15) is 0 Å². The third-order valence-electron chi connectivity index (χ3n) is 0.930. The molecule has 0 atom stereocenters. The van der Waals surface area contributed by atoms with Gasteiger partial charge in [-0.15, -0.1) is 0 Å². The van der Waals surface area contributed by atoms with Gasteiger partial charge in [-0.05, 0) is 19.3 Å². The van der Waals surface area contributed by atoms with Crippen LogP contribution in [-0.2, 0) is 9.59 Å². The van der Waals surface area contributed by atoms with Crippen molar-refractivity contribution >= 4 is 12.2 Å². The summed E-state index contributed by atoms with van der Waals surface area (Å²) in [5.74, 6) is 0. The maximum atomic E-state index is 9.55. The van der Waals surface area contributed by atoms with Gasteiger partial charge in [0.25, 0.3) is 0 Å². The van der Waals surface area contributed by atoms with Crippen LogP contribution in [0.2, 0.25) is 0 Å². The molecule has 0 saturated carbocycles. The van der Waals surface area contributed by atoms with Gasteiger partial charge < -0.3 is 0 Å². The van der Waals surface area contributed by atoms with Crippen molar-refractivity contribution in [2.24, 2.45) is 9.98 Å². The van der Waals surface area contributed by atoms with E-state index in [4.69, 9.17) is 0 Å². The average Bonchev–Trinajstić information content (AvgIpc) is 2.03. The molecule has 0 heterocycles. The molecule has 0 aliphatic carbocycles. The van der Waals surface area contributed by atoms with E-state index in [0.717, 1.165) is 0 Å². The van der Waals surface area contributed by atoms with Crippen molar-refractivity contribution in [1.82, 2.24) is 0 Å². The normalized spacial score (nSPS) is 8.00. The molecule has 0 bridgehead atoms. The van der Waals surface area contributed by atoms with E-state index in [1.54, 1.807) is 0 Å². The first-order chi connectivity index (χ1) is 5.41. The van der Waals surface area contributed by atoms with Crippen molar-refractivity contribution in [2.45, 2.75) is 12.8 Å². The zero-order valence-electron chi connectivity index (χ0n) is 6.04. The van der Waals surface area contributed by atoms with Crippen molar-refractivity contribution in [3.05, 3.63) is 6.42 Å². The number of rotatable bonds is 6. The first-order valence-corrected chi connectivity index (χ1v) is 3.20. The van der Waals surface area contributed by atoms with Crippen LogP contribution < -0.4 is 0 Å². The fourth-order valence-corrected chi connectivity index (χ4v) is 0.486. The number of nitrogens with zero attached hydrogens (tertiary/aromatic N) is 2. The lowest BCUT2D eigenvalue weighted by Gasteiger charge is -1.89. The molecule has 2 radical (unpaired) electrons. The lowest BCUT2D eigenvalue weighted by Crippen LogP contribution is -1.85. The lowest BCUT2D eigenvalue weighted by atomic mass is 10.2. The first kappa shape index (κ1) is 9.76. The third-order valence-corrected chi connectivity index (χ3v) is 0.930. The van der Waals surface area contributed by atoms with Gasteiger partial charge in [0.15, 0.2) is 0 Å². The fraction of sp³-hybridized carbons (Fsp3) is 0.571. The van der Waals surface area contributed by atoms with Crippen molar-refractivity contribution < 1.29 is 9.59 Å². The van der Waals surface area contributed by atoms with E-state index in [2.05, 4.69) is 16.4 Å². The monoisotopic (exact) mass is 152 g/mol. The molecule has 0 aromatic heterocycles. The molecule has 0 rings (SSSR count). The van der Waals surface area contributed by atoms with Crippen molar-refractivity contribution in [2.75, 3.05) is 13.1 Å². The Hall–Kier alpha value is -1.24. The van der Waals surface area contributed by atoms with E-state index < -0.39 is 0 Å². The summed E-state index contributed by atoms with van der Waals surface area (Å²) >= 11 is 0. The van der Waals surface area contributed by atoms with Gasteiger partial charge in [0.2, 0.25) is 12.2 Å². The lowest BCUT2D eigenvalue weighted by molar-refractivity contribution is 0.562. The van der Waals surface area contributed by atoms with Crippen LogP contribution in [0.25, 0.3) is 0 Å². The number of isocyanates is 2. The zero-order valence-corrected chi connectivity index (χ0v) is 6.04. The van der Waals surface area contributed by atoms with E-state index >= 15 is 0 Å². The SMILES string of the molecule is O=C=NCC[C]CCN=C=O. The van der Waals surface area contributed by atoms with Gasteiger partial charge in [0.05, 0.1) is 13.1 Å². The molecule has 58 valence electrons. The minimum atomic E-state index is 0.411. The van der Waals surface area contributed by atoms with E-state index in [1.165, 1.54) is 12.2 Å². The van der Waals surface area contributed by atoms with E-state index in [1.807, 2.05) is 0 Å². The number of unbranched alkanes of at least 4 members (excludes halogenated alkanes) is 2. The van der Waals surface area contributed by atoms with Crippen LogP contribution in [-0.4, -0.2) is 25.2 Å². The van der Waals surface area contributed by atoms with Gasteiger partial charge in [-0.25, -0.2) is 19.6 Å². The highest BCUT2D eigenvalue weighted by Crippen LogP contribution is 1.93. The molecule has 0 aromatic rings. The maximum absolute atomic E-state index is 9.55. The highest BCUT2D eigenvalue weighted by Gasteiger charge is 1.87. The van der Waals surface area contributed by atoms with Crippen LogP contribution in [0.5, 0.6) is 0 Å². The van der Waals surface area contributed by atoms with Gasteiger partial charge in [0.1, 0.15) is 0 Å². The van der Waals surface area contributed by atoms with Gasteiger partial charge >= 0.3 is 0 Å². The Morgan fingerprint density at radius 2 is 1.36 bits per heavy atom. The molecule has 0 aromatic carbocycles. The summed E-state index contributed by atoms with van der Waals surface area (Å²) in [7, 11) is 0. The number of aliphatic imine (C=N–C) groups is 2. The molecule has 0 aliphatic rings. The molecule has 0 aliphatic heterocycles. The second kappa shape index (κ2) is 8.76. The summed E-state index contributed by atoms with van der Waals surface area (Å²) < 4.78 is 0. The van der Waals surface area contributed by atoms with Crippen LogP contribution in [0.3, 0.4) is 0 Å². The zero-order chi connectivity index (χ0) is 8.36. The summed E-state index contributed by atoms with van der Waals surface area (Å²) in [6, 6.07) is 0. The molecule has 4 heteroatoms.